The minimum atomic E-state index is -0.213. The van der Waals surface area contributed by atoms with Gasteiger partial charge in [-0.15, -0.1) is 0 Å². The zero-order valence-corrected chi connectivity index (χ0v) is 12.4. The first-order chi connectivity index (χ1) is 10.7. The van der Waals surface area contributed by atoms with Crippen molar-refractivity contribution in [2.24, 2.45) is 23.7 Å². The van der Waals surface area contributed by atoms with Crippen molar-refractivity contribution in [2.45, 2.75) is 37.9 Å². The number of carbonyl (C=O) groups is 3. The first kappa shape index (κ1) is 13.0. The van der Waals surface area contributed by atoms with Crippen LogP contribution in [0.15, 0.2) is 0 Å². The number of hydrogen-bond donors (Lipinski definition) is 0. The van der Waals surface area contributed by atoms with Gasteiger partial charge in [-0.3, -0.25) is 19.3 Å². The summed E-state index contributed by atoms with van der Waals surface area (Å²) in [6.45, 7) is 1.45. The summed E-state index contributed by atoms with van der Waals surface area (Å²) in [5.41, 5.74) is 0. The number of piperidine rings is 1. The summed E-state index contributed by atoms with van der Waals surface area (Å²) >= 11 is 0. The van der Waals surface area contributed by atoms with Crippen molar-refractivity contribution in [2.75, 3.05) is 19.6 Å². The van der Waals surface area contributed by atoms with Gasteiger partial charge in [-0.1, -0.05) is 0 Å². The van der Waals surface area contributed by atoms with E-state index in [0.29, 0.717) is 0 Å². The van der Waals surface area contributed by atoms with Gasteiger partial charge in [-0.25, -0.2) is 0 Å². The second-order valence-electron chi connectivity index (χ2n) is 7.38. The lowest BCUT2D eigenvalue weighted by atomic mass is 9.81. The second kappa shape index (κ2) is 4.31. The molecule has 0 radical (unpaired) electrons. The van der Waals surface area contributed by atoms with Gasteiger partial charge in [0.05, 0.1) is 24.0 Å². The third kappa shape index (κ3) is 1.56. The fourth-order valence-electron chi connectivity index (χ4n) is 5.32. The molecule has 3 heterocycles. The van der Waals surface area contributed by atoms with Crippen LogP contribution >= 0.6 is 0 Å². The molecule has 3 saturated heterocycles. The molecule has 6 atom stereocenters. The number of epoxide rings is 1. The number of likely N-dealkylation sites (tertiary alicyclic amines) is 2. The molecule has 22 heavy (non-hydrogen) atoms. The van der Waals surface area contributed by atoms with E-state index in [1.54, 1.807) is 4.90 Å². The zero-order chi connectivity index (χ0) is 15.0. The van der Waals surface area contributed by atoms with Gasteiger partial charge in [0.25, 0.3) is 0 Å². The zero-order valence-electron chi connectivity index (χ0n) is 12.4. The molecule has 6 nitrogen and oxygen atoms in total. The van der Waals surface area contributed by atoms with Crippen LogP contribution in [0.2, 0.25) is 0 Å². The molecule has 2 saturated carbocycles. The predicted octanol–water partition coefficient (Wildman–Crippen LogP) is 0.0172. The molecule has 0 aromatic carbocycles. The minimum absolute atomic E-state index is 0.0553. The molecule has 0 aromatic heterocycles. The van der Waals surface area contributed by atoms with Crippen molar-refractivity contribution in [3.05, 3.63) is 0 Å². The van der Waals surface area contributed by atoms with Crippen LogP contribution in [0.3, 0.4) is 0 Å². The van der Waals surface area contributed by atoms with E-state index in [9.17, 15) is 14.4 Å². The highest BCUT2D eigenvalue weighted by Crippen LogP contribution is 2.63. The Hall–Kier alpha value is -1.43. The Bertz CT molecular complexity index is 538. The molecule has 6 heteroatoms. The van der Waals surface area contributed by atoms with Gasteiger partial charge in [0.1, 0.15) is 6.54 Å². The van der Waals surface area contributed by atoms with E-state index in [0.717, 1.165) is 38.8 Å². The molecule has 3 amide bonds. The number of nitrogens with zero attached hydrogens (tertiary/aromatic N) is 2. The van der Waals surface area contributed by atoms with Crippen molar-refractivity contribution in [3.8, 4) is 0 Å². The molecule has 0 unspecified atom stereocenters. The summed E-state index contributed by atoms with van der Waals surface area (Å²) < 4.78 is 5.59. The monoisotopic (exact) mass is 304 g/mol. The lowest BCUT2D eigenvalue weighted by Gasteiger charge is -2.28. The van der Waals surface area contributed by atoms with E-state index in [1.165, 1.54) is 4.90 Å². The number of ether oxygens (including phenoxy) is 1. The number of imide groups is 1. The molecule has 2 bridgehead atoms. The highest BCUT2D eigenvalue weighted by molar-refractivity contribution is 6.08. The molecular weight excluding hydrogens is 284 g/mol. The predicted molar refractivity (Wildman–Crippen MR) is 74.4 cm³/mol. The van der Waals surface area contributed by atoms with Crippen LogP contribution in [-0.2, 0) is 19.1 Å². The highest BCUT2D eigenvalue weighted by Gasteiger charge is 2.73. The van der Waals surface area contributed by atoms with Crippen LogP contribution in [-0.4, -0.2) is 59.4 Å². The summed E-state index contributed by atoms with van der Waals surface area (Å²) in [6.07, 6.45) is 4.56. The number of hydrogen-bond acceptors (Lipinski definition) is 4. The fourth-order valence-corrected chi connectivity index (χ4v) is 5.32. The molecule has 5 aliphatic rings. The van der Waals surface area contributed by atoms with Gasteiger partial charge in [0.2, 0.25) is 17.7 Å². The van der Waals surface area contributed by atoms with Gasteiger partial charge in [-0.2, -0.15) is 0 Å². The normalized spacial score (nSPS) is 45.3. The van der Waals surface area contributed by atoms with E-state index >= 15 is 0 Å². The first-order valence-electron chi connectivity index (χ1n) is 8.45. The molecule has 0 spiro atoms. The molecule has 5 rings (SSSR count). The van der Waals surface area contributed by atoms with Crippen LogP contribution in [0.5, 0.6) is 0 Å². The van der Waals surface area contributed by atoms with E-state index in [2.05, 4.69) is 0 Å². The maximum Gasteiger partial charge on any atom is 0.242 e. The maximum atomic E-state index is 12.6. The molecule has 5 fully saturated rings. The van der Waals surface area contributed by atoms with E-state index in [-0.39, 0.29) is 60.1 Å². The lowest BCUT2D eigenvalue weighted by molar-refractivity contribution is -0.147. The summed E-state index contributed by atoms with van der Waals surface area (Å²) in [5.74, 6) is -0.317. The quantitative estimate of drug-likeness (QED) is 0.532. The van der Waals surface area contributed by atoms with E-state index in [1.807, 2.05) is 0 Å². The molecule has 118 valence electrons. The smallest absolute Gasteiger partial charge is 0.242 e. The van der Waals surface area contributed by atoms with Gasteiger partial charge in [0, 0.05) is 24.9 Å². The van der Waals surface area contributed by atoms with Crippen molar-refractivity contribution >= 4 is 17.7 Å². The molecule has 3 aliphatic heterocycles. The summed E-state index contributed by atoms with van der Waals surface area (Å²) in [5, 5.41) is 0. The average Bonchev–Trinajstić information content (AvgIpc) is 3.08. The van der Waals surface area contributed by atoms with Crippen molar-refractivity contribution < 1.29 is 19.1 Å². The van der Waals surface area contributed by atoms with Crippen molar-refractivity contribution in [1.29, 1.82) is 0 Å². The Labute approximate surface area is 128 Å². The third-order valence-corrected chi connectivity index (χ3v) is 6.36. The van der Waals surface area contributed by atoms with E-state index in [4.69, 9.17) is 4.74 Å². The Morgan fingerprint density at radius 2 is 1.59 bits per heavy atom. The van der Waals surface area contributed by atoms with Crippen LogP contribution < -0.4 is 0 Å². The van der Waals surface area contributed by atoms with Gasteiger partial charge in [0.15, 0.2) is 0 Å². The number of amides is 3. The topological polar surface area (TPSA) is 70.2 Å². The number of rotatable bonds is 2. The van der Waals surface area contributed by atoms with Crippen molar-refractivity contribution in [1.82, 2.24) is 9.80 Å². The average molecular weight is 304 g/mol. The standard InChI is InChI=1S/C16H20N2O4/c19-10(17-4-2-1-3-5-17)7-18-15(20)11-8-6-9(12(11)16(18)21)14-13(8)22-14/h8-9,11-14H,1-7H2/t8-,9-,11-,12+,13-,14+/m1/s1. The Balaban J connectivity index is 1.33. The summed E-state index contributed by atoms with van der Waals surface area (Å²) in [7, 11) is 0. The SMILES string of the molecule is O=C(CN1C(=O)[C@@H]2[C@H]3C[C@@H]([C@@H]4O[C@H]34)[C@@H]2C1=O)N1CCCCC1. The van der Waals surface area contributed by atoms with Gasteiger partial charge < -0.3 is 9.64 Å². The number of fused-ring (bicyclic) bond motifs is 8. The molecule has 0 N–H and O–H groups in total. The molecular formula is C16H20N2O4. The summed E-state index contributed by atoms with van der Waals surface area (Å²) in [6, 6.07) is 0. The minimum Gasteiger partial charge on any atom is -0.369 e. The van der Waals surface area contributed by atoms with Crippen molar-refractivity contribution in [3.63, 3.8) is 0 Å². The lowest BCUT2D eigenvalue weighted by Crippen LogP contribution is -2.45. The first-order valence-corrected chi connectivity index (χ1v) is 8.45. The molecule has 0 aromatic rings. The largest absolute Gasteiger partial charge is 0.369 e. The maximum absolute atomic E-state index is 12.6. The van der Waals surface area contributed by atoms with Crippen LogP contribution in [0.4, 0.5) is 0 Å². The van der Waals surface area contributed by atoms with Gasteiger partial charge >= 0.3 is 0 Å². The molecule has 2 aliphatic carbocycles. The Morgan fingerprint density at radius 1 is 1.00 bits per heavy atom. The Morgan fingerprint density at radius 3 is 2.18 bits per heavy atom. The highest BCUT2D eigenvalue weighted by atomic mass is 16.6. The third-order valence-electron chi connectivity index (χ3n) is 6.36. The van der Waals surface area contributed by atoms with E-state index < -0.39 is 0 Å². The Kier molecular flexibility index (Phi) is 2.56. The fraction of sp³-hybridized carbons (Fsp3) is 0.812. The van der Waals surface area contributed by atoms with Crippen LogP contribution in [0, 0.1) is 23.7 Å². The van der Waals surface area contributed by atoms with Crippen LogP contribution in [0.25, 0.3) is 0 Å². The number of carbonyl (C=O) groups excluding carboxylic acids is 3. The van der Waals surface area contributed by atoms with Crippen LogP contribution in [0.1, 0.15) is 25.7 Å². The van der Waals surface area contributed by atoms with Gasteiger partial charge in [-0.05, 0) is 25.7 Å². The summed E-state index contributed by atoms with van der Waals surface area (Å²) in [4.78, 5) is 40.7. The second-order valence-corrected chi connectivity index (χ2v) is 7.38.